The summed E-state index contributed by atoms with van der Waals surface area (Å²) in [7, 11) is 0. The lowest BCUT2D eigenvalue weighted by Crippen LogP contribution is -2.35. The highest BCUT2D eigenvalue weighted by atomic mass is 19.4. The van der Waals surface area contributed by atoms with Crippen LogP contribution in [-0.2, 0) is 0 Å². The van der Waals surface area contributed by atoms with Gasteiger partial charge in [0.15, 0.2) is 6.10 Å². The van der Waals surface area contributed by atoms with Crippen molar-refractivity contribution < 1.29 is 28.2 Å². The molecule has 1 unspecified atom stereocenters. The Morgan fingerprint density at radius 3 is 2.53 bits per heavy atom. The van der Waals surface area contributed by atoms with Gasteiger partial charge >= 0.3 is 12.1 Å². The summed E-state index contributed by atoms with van der Waals surface area (Å²) >= 11 is 0. The van der Waals surface area contributed by atoms with Gasteiger partial charge in [-0.25, -0.2) is 9.78 Å². The number of hydrogen-bond donors (Lipinski definition) is 3. The Morgan fingerprint density at radius 1 is 1.47 bits per heavy atom. The van der Waals surface area contributed by atoms with E-state index in [-0.39, 0.29) is 11.4 Å². The van der Waals surface area contributed by atoms with Gasteiger partial charge in [-0.2, -0.15) is 13.2 Å². The minimum atomic E-state index is -4.69. The zero-order valence-electron chi connectivity index (χ0n) is 8.40. The molecule has 17 heavy (non-hydrogen) atoms. The van der Waals surface area contributed by atoms with E-state index in [9.17, 15) is 18.0 Å². The molecule has 0 saturated carbocycles. The van der Waals surface area contributed by atoms with Crippen molar-refractivity contribution in [3.8, 4) is 0 Å². The van der Waals surface area contributed by atoms with Crippen LogP contribution in [0.15, 0.2) is 18.3 Å². The number of aliphatic hydroxyl groups is 1. The zero-order valence-corrected chi connectivity index (χ0v) is 8.40. The number of rotatable bonds is 4. The van der Waals surface area contributed by atoms with Crippen molar-refractivity contribution >= 4 is 11.7 Å². The number of nitrogens with zero attached hydrogens (tertiary/aromatic N) is 1. The largest absolute Gasteiger partial charge is 0.477 e. The Balaban J connectivity index is 2.56. The molecule has 3 N–H and O–H groups in total. The van der Waals surface area contributed by atoms with Crippen molar-refractivity contribution in [3.05, 3.63) is 24.0 Å². The third-order valence-corrected chi connectivity index (χ3v) is 1.86. The molecule has 0 radical (unpaired) electrons. The van der Waals surface area contributed by atoms with E-state index in [1.807, 2.05) is 0 Å². The van der Waals surface area contributed by atoms with Crippen molar-refractivity contribution in [2.45, 2.75) is 12.3 Å². The molecule has 0 aliphatic heterocycles. The molecule has 0 aliphatic rings. The first-order valence-electron chi connectivity index (χ1n) is 4.48. The van der Waals surface area contributed by atoms with Crippen molar-refractivity contribution in [1.29, 1.82) is 0 Å². The third-order valence-electron chi connectivity index (χ3n) is 1.86. The first-order valence-corrected chi connectivity index (χ1v) is 4.48. The Bertz CT molecular complexity index is 391. The molecule has 8 heteroatoms. The Kier molecular flexibility index (Phi) is 3.89. The molecule has 1 aromatic rings. The lowest BCUT2D eigenvalue weighted by atomic mass is 10.3. The minimum absolute atomic E-state index is 0.193. The normalized spacial score (nSPS) is 13.2. The van der Waals surface area contributed by atoms with Gasteiger partial charge in [0.2, 0.25) is 0 Å². The second-order valence-corrected chi connectivity index (χ2v) is 3.18. The maximum absolute atomic E-state index is 11.9. The van der Waals surface area contributed by atoms with Gasteiger partial charge in [0, 0.05) is 6.54 Å². The van der Waals surface area contributed by atoms with E-state index < -0.39 is 24.8 Å². The number of aliphatic hydroxyl groups excluding tert-OH is 1. The number of nitrogens with one attached hydrogen (secondary N) is 1. The van der Waals surface area contributed by atoms with E-state index in [0.29, 0.717) is 0 Å². The smallest absolute Gasteiger partial charge is 0.416 e. The number of pyridine rings is 1. The van der Waals surface area contributed by atoms with Gasteiger partial charge in [-0.1, -0.05) is 0 Å². The number of aromatic carboxylic acids is 1. The zero-order chi connectivity index (χ0) is 13.1. The highest BCUT2D eigenvalue weighted by Crippen LogP contribution is 2.20. The predicted molar refractivity (Wildman–Crippen MR) is 51.7 cm³/mol. The van der Waals surface area contributed by atoms with E-state index in [1.54, 1.807) is 0 Å². The van der Waals surface area contributed by atoms with Crippen LogP contribution in [-0.4, -0.2) is 40.0 Å². The molecule has 1 atom stereocenters. The van der Waals surface area contributed by atoms with Crippen LogP contribution in [0.3, 0.4) is 0 Å². The molecule has 0 aliphatic carbocycles. The number of aromatic nitrogens is 1. The topological polar surface area (TPSA) is 82.5 Å². The Morgan fingerprint density at radius 2 is 2.12 bits per heavy atom. The van der Waals surface area contributed by atoms with Gasteiger partial charge in [-0.3, -0.25) is 0 Å². The van der Waals surface area contributed by atoms with Gasteiger partial charge in [-0.15, -0.1) is 0 Å². The van der Waals surface area contributed by atoms with Crippen molar-refractivity contribution in [3.63, 3.8) is 0 Å². The van der Waals surface area contributed by atoms with E-state index in [2.05, 4.69) is 10.3 Å². The fourth-order valence-corrected chi connectivity index (χ4v) is 0.955. The lowest BCUT2D eigenvalue weighted by Gasteiger charge is -2.15. The number of anilines is 1. The molecule has 5 nitrogen and oxygen atoms in total. The van der Waals surface area contributed by atoms with Crippen LogP contribution in [0.25, 0.3) is 0 Å². The molecular formula is C9H9F3N2O3. The minimum Gasteiger partial charge on any atom is -0.477 e. The molecule has 1 rings (SSSR count). The molecule has 0 saturated heterocycles. The number of alkyl halides is 3. The molecule has 0 spiro atoms. The highest BCUT2D eigenvalue weighted by molar-refractivity contribution is 5.85. The fourth-order valence-electron chi connectivity index (χ4n) is 0.955. The summed E-state index contributed by atoms with van der Waals surface area (Å²) in [5.74, 6) is -1.23. The standard InChI is InChI=1S/C9H9F3N2O3/c10-9(11,12)7(15)4-13-5-1-2-6(8(16)17)14-3-5/h1-3,7,13,15H,4H2,(H,16,17). The average Bonchev–Trinajstić information content (AvgIpc) is 2.25. The van der Waals surface area contributed by atoms with E-state index >= 15 is 0 Å². The molecule has 1 aromatic heterocycles. The second-order valence-electron chi connectivity index (χ2n) is 3.18. The lowest BCUT2D eigenvalue weighted by molar-refractivity contribution is -0.198. The summed E-state index contributed by atoms with van der Waals surface area (Å²) in [5, 5.41) is 19.5. The van der Waals surface area contributed by atoms with Crippen LogP contribution >= 0.6 is 0 Å². The summed E-state index contributed by atoms with van der Waals surface area (Å²) in [4.78, 5) is 13.9. The number of carboxylic acid groups (broad SMARTS) is 1. The maximum atomic E-state index is 11.9. The third kappa shape index (κ3) is 3.91. The quantitative estimate of drug-likeness (QED) is 0.745. The molecular weight excluding hydrogens is 241 g/mol. The molecule has 0 bridgehead atoms. The molecule has 0 amide bonds. The van der Waals surface area contributed by atoms with Crippen LogP contribution in [0, 0.1) is 0 Å². The monoisotopic (exact) mass is 250 g/mol. The number of hydrogen-bond acceptors (Lipinski definition) is 4. The second kappa shape index (κ2) is 5.00. The van der Waals surface area contributed by atoms with Gasteiger partial charge in [0.05, 0.1) is 11.9 Å². The number of carbonyl (C=O) groups is 1. The average molecular weight is 250 g/mol. The van der Waals surface area contributed by atoms with Crippen LogP contribution in [0.5, 0.6) is 0 Å². The van der Waals surface area contributed by atoms with Crippen LogP contribution < -0.4 is 5.32 Å². The molecule has 0 aromatic carbocycles. The highest BCUT2D eigenvalue weighted by Gasteiger charge is 2.37. The van der Waals surface area contributed by atoms with E-state index in [1.165, 1.54) is 6.07 Å². The van der Waals surface area contributed by atoms with Gasteiger partial charge in [0.25, 0.3) is 0 Å². The summed E-state index contributed by atoms with van der Waals surface area (Å²) in [6.45, 7) is -0.725. The van der Waals surface area contributed by atoms with E-state index in [4.69, 9.17) is 10.2 Å². The predicted octanol–water partition coefficient (Wildman–Crippen LogP) is 1.11. The van der Waals surface area contributed by atoms with Gasteiger partial charge in [-0.05, 0) is 12.1 Å². The first kappa shape index (κ1) is 13.2. The summed E-state index contributed by atoms with van der Waals surface area (Å²) in [6, 6.07) is 2.41. The SMILES string of the molecule is O=C(O)c1ccc(NCC(O)C(F)(F)F)cn1. The molecule has 0 fully saturated rings. The Hall–Kier alpha value is -1.83. The summed E-state index contributed by atoms with van der Waals surface area (Å²) in [6.07, 6.45) is -6.10. The van der Waals surface area contributed by atoms with Crippen LogP contribution in [0.2, 0.25) is 0 Å². The fraction of sp³-hybridized carbons (Fsp3) is 0.333. The molecule has 1 heterocycles. The summed E-state index contributed by atoms with van der Waals surface area (Å²) < 4.78 is 35.8. The van der Waals surface area contributed by atoms with Crippen molar-refractivity contribution in [2.24, 2.45) is 0 Å². The van der Waals surface area contributed by atoms with Crippen molar-refractivity contribution in [1.82, 2.24) is 4.98 Å². The number of halogens is 3. The molecule has 94 valence electrons. The first-order chi connectivity index (χ1) is 7.80. The van der Waals surface area contributed by atoms with Crippen LogP contribution in [0.1, 0.15) is 10.5 Å². The van der Waals surface area contributed by atoms with Gasteiger partial charge in [0.1, 0.15) is 5.69 Å². The Labute approximate surface area is 93.9 Å². The van der Waals surface area contributed by atoms with Crippen LogP contribution in [0.4, 0.5) is 18.9 Å². The van der Waals surface area contributed by atoms with Gasteiger partial charge < -0.3 is 15.5 Å². The van der Waals surface area contributed by atoms with Crippen molar-refractivity contribution in [2.75, 3.05) is 11.9 Å². The summed E-state index contributed by atoms with van der Waals surface area (Å²) in [5.41, 5.74) is -0.0229. The van der Waals surface area contributed by atoms with E-state index in [0.717, 1.165) is 12.3 Å². The number of carboxylic acids is 1. The maximum Gasteiger partial charge on any atom is 0.416 e.